The Morgan fingerprint density at radius 2 is 1.12 bits per heavy atom. The van der Waals surface area contributed by atoms with Crippen molar-refractivity contribution < 1.29 is 0 Å². The zero-order valence-electron chi connectivity index (χ0n) is 17.3. The average Bonchev–Trinajstić information content (AvgIpc) is 3.11. The number of unbranched alkanes of at least 4 members (excludes halogenated alkanes) is 12. The van der Waals surface area contributed by atoms with Crippen LogP contribution in [0.2, 0.25) is 0 Å². The number of hydrogen-bond acceptors (Lipinski definition) is 2. The van der Waals surface area contributed by atoms with Crippen LogP contribution in [0.3, 0.4) is 0 Å². The minimum absolute atomic E-state index is 0.732. The Hall–Kier alpha value is -0.790. The Morgan fingerprint density at radius 1 is 0.680 bits per heavy atom. The van der Waals surface area contributed by atoms with Crippen LogP contribution < -0.4 is 0 Å². The first-order valence-corrected chi connectivity index (χ1v) is 11.2. The van der Waals surface area contributed by atoms with E-state index in [9.17, 15) is 0 Å². The molecule has 0 aromatic carbocycles. The van der Waals surface area contributed by atoms with Crippen molar-refractivity contribution in [3.8, 4) is 0 Å². The molecule has 0 aromatic heterocycles. The van der Waals surface area contributed by atoms with Gasteiger partial charge in [0.25, 0.3) is 0 Å². The van der Waals surface area contributed by atoms with E-state index in [0.717, 1.165) is 24.4 Å². The molecule has 0 saturated carbocycles. The van der Waals surface area contributed by atoms with Gasteiger partial charge in [0, 0.05) is 0 Å². The van der Waals surface area contributed by atoms with Crippen molar-refractivity contribution in [2.75, 3.05) is 0 Å². The van der Waals surface area contributed by atoms with Crippen molar-refractivity contribution in [3.63, 3.8) is 0 Å². The van der Waals surface area contributed by atoms with Gasteiger partial charge in [-0.2, -0.15) is 0 Å². The summed E-state index contributed by atoms with van der Waals surface area (Å²) in [5.41, 5.74) is 0. The molecule has 0 amide bonds. The molecule has 2 heteroatoms. The highest BCUT2D eigenvalue weighted by Gasteiger charge is 2.24. The normalized spacial score (nSPS) is 14.8. The van der Waals surface area contributed by atoms with Crippen LogP contribution in [0.15, 0.2) is 9.98 Å². The van der Waals surface area contributed by atoms with E-state index in [2.05, 4.69) is 30.8 Å². The first kappa shape index (κ1) is 22.3. The van der Waals surface area contributed by atoms with Crippen LogP contribution in [0.5, 0.6) is 0 Å². The minimum atomic E-state index is 0.732. The third kappa shape index (κ3) is 12.2. The van der Waals surface area contributed by atoms with E-state index in [-0.39, 0.29) is 0 Å². The summed E-state index contributed by atoms with van der Waals surface area (Å²) in [5.74, 6) is 1.48. The highest BCUT2D eigenvalue weighted by Crippen LogP contribution is 2.29. The molecule has 1 aliphatic heterocycles. The molecule has 25 heavy (non-hydrogen) atoms. The number of aliphatic imine (C=N–C) groups is 2. The third-order valence-electron chi connectivity index (χ3n) is 5.58. The fourth-order valence-corrected chi connectivity index (χ4v) is 3.71. The van der Waals surface area contributed by atoms with Crippen LogP contribution >= 0.6 is 0 Å². The summed E-state index contributed by atoms with van der Waals surface area (Å²) in [6.07, 6.45) is 25.7. The highest BCUT2D eigenvalue weighted by atomic mass is 15.0. The average molecular weight is 348 g/mol. The first-order valence-electron chi connectivity index (χ1n) is 11.2. The van der Waals surface area contributed by atoms with Crippen molar-refractivity contribution in [1.82, 2.24) is 0 Å². The summed E-state index contributed by atoms with van der Waals surface area (Å²) in [7, 11) is 0. The van der Waals surface area contributed by atoms with E-state index < -0.39 is 0 Å². The Balaban J connectivity index is 1.88. The maximum absolute atomic E-state index is 4.34. The predicted molar refractivity (Wildman–Crippen MR) is 113 cm³/mol. The van der Waals surface area contributed by atoms with Gasteiger partial charge in [-0.1, -0.05) is 114 Å². The Morgan fingerprint density at radius 3 is 1.56 bits per heavy atom. The molecule has 0 radical (unpaired) electrons. The molecule has 0 aromatic rings. The molecule has 0 aliphatic carbocycles. The smallest absolute Gasteiger partial charge is 0.0968 e. The minimum Gasteiger partial charge on any atom is -0.0968 e. The number of hydrogen-bond donors (Lipinski definition) is 0. The zero-order chi connectivity index (χ0) is 18.2. The molecule has 1 heterocycles. The lowest BCUT2D eigenvalue weighted by molar-refractivity contribution is 0.328. The van der Waals surface area contributed by atoms with E-state index in [4.69, 9.17) is 0 Å². The molecular weight excluding hydrogens is 304 g/mol. The standard InChI is InChI=1S/C23H43N2/c1-4-5-6-7-8-9-10-11-12-13-14-15-16-17-22(21(2)3)20-23-24-18-19-25-23/h18-19,21-22H,4-17,20H2,1-3H3/q+1. The fraction of sp³-hybridized carbons (Fsp3) is 0.870. The van der Waals surface area contributed by atoms with Gasteiger partial charge in [-0.05, 0) is 18.3 Å². The van der Waals surface area contributed by atoms with Crippen molar-refractivity contribution in [3.05, 3.63) is 6.17 Å². The Bertz CT molecular complexity index is 334. The molecule has 0 spiro atoms. The van der Waals surface area contributed by atoms with Gasteiger partial charge in [0.15, 0.2) is 12.4 Å². The van der Waals surface area contributed by atoms with Crippen LogP contribution in [-0.2, 0) is 0 Å². The summed E-state index contributed by atoms with van der Waals surface area (Å²) < 4.78 is 0. The Kier molecular flexibility index (Phi) is 13.8. The van der Waals surface area contributed by atoms with E-state index in [0.29, 0.717) is 0 Å². The van der Waals surface area contributed by atoms with E-state index in [1.807, 2.05) is 12.4 Å². The van der Waals surface area contributed by atoms with Gasteiger partial charge >= 0.3 is 0 Å². The van der Waals surface area contributed by atoms with Crippen molar-refractivity contribution >= 4 is 12.4 Å². The second kappa shape index (κ2) is 15.5. The molecule has 0 N–H and O–H groups in total. The summed E-state index contributed by atoms with van der Waals surface area (Å²) in [6.45, 7) is 6.98. The van der Waals surface area contributed by atoms with Crippen LogP contribution in [-0.4, -0.2) is 12.4 Å². The van der Waals surface area contributed by atoms with Crippen LogP contribution in [0.1, 0.15) is 117 Å². The molecule has 2 nitrogen and oxygen atoms in total. The summed E-state index contributed by atoms with van der Waals surface area (Å²) in [5, 5.41) is 0. The third-order valence-corrected chi connectivity index (χ3v) is 5.58. The number of rotatable bonds is 17. The van der Waals surface area contributed by atoms with E-state index >= 15 is 0 Å². The molecule has 0 fully saturated rings. The van der Waals surface area contributed by atoms with Crippen LogP contribution in [0.4, 0.5) is 0 Å². The lowest BCUT2D eigenvalue weighted by Gasteiger charge is -2.19. The van der Waals surface area contributed by atoms with Gasteiger partial charge in [0.05, 0.1) is 6.42 Å². The van der Waals surface area contributed by atoms with Crippen molar-refractivity contribution in [1.29, 1.82) is 0 Å². The SMILES string of the molecule is CCCCCCCCCCCCCCCC(C[C+]1N=CC=N1)C(C)C. The molecule has 1 unspecified atom stereocenters. The van der Waals surface area contributed by atoms with Gasteiger partial charge in [0.1, 0.15) is 0 Å². The first-order chi connectivity index (χ1) is 12.2. The molecular formula is C23H43N2+. The fourth-order valence-electron chi connectivity index (χ4n) is 3.71. The van der Waals surface area contributed by atoms with E-state index in [1.54, 1.807) is 0 Å². The molecule has 144 valence electrons. The van der Waals surface area contributed by atoms with Crippen molar-refractivity contribution in [2.45, 2.75) is 117 Å². The summed E-state index contributed by atoms with van der Waals surface area (Å²) in [6, 6.07) is 0. The monoisotopic (exact) mass is 347 g/mol. The van der Waals surface area contributed by atoms with Gasteiger partial charge in [-0.3, -0.25) is 0 Å². The van der Waals surface area contributed by atoms with Crippen LogP contribution in [0.25, 0.3) is 0 Å². The van der Waals surface area contributed by atoms with E-state index in [1.165, 1.54) is 89.9 Å². The van der Waals surface area contributed by atoms with Gasteiger partial charge in [-0.25, -0.2) is 0 Å². The molecule has 1 aliphatic rings. The quantitative estimate of drug-likeness (QED) is 0.189. The molecule has 0 saturated heterocycles. The highest BCUT2D eigenvalue weighted by molar-refractivity contribution is 6.18. The molecule has 1 atom stereocenters. The zero-order valence-corrected chi connectivity index (χ0v) is 17.3. The lowest BCUT2D eigenvalue weighted by Crippen LogP contribution is -2.11. The molecule has 1 rings (SSSR count). The summed E-state index contributed by atoms with van der Waals surface area (Å²) in [4.78, 5) is 8.68. The number of nitrogens with zero attached hydrogens (tertiary/aromatic N) is 2. The second-order valence-corrected chi connectivity index (χ2v) is 8.21. The topological polar surface area (TPSA) is 24.7 Å². The predicted octanol–water partition coefficient (Wildman–Crippen LogP) is 7.77. The van der Waals surface area contributed by atoms with Crippen molar-refractivity contribution in [2.24, 2.45) is 21.8 Å². The largest absolute Gasteiger partial charge is 0.240 e. The maximum atomic E-state index is 4.34. The van der Waals surface area contributed by atoms with Crippen LogP contribution in [0, 0.1) is 18.0 Å². The van der Waals surface area contributed by atoms with Gasteiger partial charge in [-0.15, -0.1) is 0 Å². The maximum Gasteiger partial charge on any atom is 0.240 e. The Labute approximate surface area is 158 Å². The van der Waals surface area contributed by atoms with Gasteiger partial charge in [0.2, 0.25) is 6.17 Å². The van der Waals surface area contributed by atoms with Gasteiger partial charge < -0.3 is 0 Å². The molecule has 0 bridgehead atoms. The lowest BCUT2D eigenvalue weighted by atomic mass is 9.86. The summed E-state index contributed by atoms with van der Waals surface area (Å²) >= 11 is 0. The second-order valence-electron chi connectivity index (χ2n) is 8.21.